The molecule has 0 bridgehead atoms. The van der Waals surface area contributed by atoms with Gasteiger partial charge in [0.15, 0.2) is 48.5 Å². The number of rotatable bonds is 12. The molecule has 1 aromatic carbocycles. The van der Waals surface area contributed by atoms with Crippen LogP contribution >= 0.6 is 0 Å². The largest absolute Gasteiger partial charge is 0.437 e. The Morgan fingerprint density at radius 2 is 0.851 bits per heavy atom. The fourth-order valence-corrected chi connectivity index (χ4v) is 9.24. The van der Waals surface area contributed by atoms with Crippen LogP contribution in [0.15, 0.2) is 147 Å². The van der Waals surface area contributed by atoms with Crippen molar-refractivity contribution in [1.82, 2.24) is 28.9 Å². The summed E-state index contributed by atoms with van der Waals surface area (Å²) in [6, 6.07) is 34.0. The third-order valence-corrected chi connectivity index (χ3v) is 12.7. The van der Waals surface area contributed by atoms with E-state index in [9.17, 15) is 26.3 Å². The van der Waals surface area contributed by atoms with Crippen molar-refractivity contribution in [3.8, 4) is 34.4 Å². The number of pyridine rings is 4. The highest BCUT2D eigenvalue weighted by Crippen LogP contribution is 2.52. The van der Waals surface area contributed by atoms with Crippen LogP contribution in [0.4, 0.5) is 26.3 Å². The predicted molar refractivity (Wildman–Crippen MR) is 388 cm³/mol. The van der Waals surface area contributed by atoms with Gasteiger partial charge in [-0.1, -0.05) is 124 Å². The van der Waals surface area contributed by atoms with E-state index in [4.69, 9.17) is 4.98 Å². The van der Waals surface area contributed by atoms with E-state index < -0.39 is 35.8 Å². The van der Waals surface area contributed by atoms with E-state index in [2.05, 4.69) is 230 Å². The van der Waals surface area contributed by atoms with E-state index in [0.717, 1.165) is 59.1 Å². The molecule has 0 unspecified atom stereocenters. The highest BCUT2D eigenvalue weighted by atomic mass is 19.4. The minimum atomic E-state index is -5.66. The molecule has 8 rings (SSSR count). The monoisotopic (exact) mass is 1330 g/mol. The van der Waals surface area contributed by atoms with Crippen LogP contribution < -0.4 is 18.3 Å². The number of para-hydroxylation sites is 2. The molecule has 7 heterocycles. The van der Waals surface area contributed by atoms with Crippen LogP contribution in [-0.2, 0) is 15.9 Å². The lowest BCUT2D eigenvalue weighted by molar-refractivity contribution is -0.744. The lowest BCUT2D eigenvalue weighted by Gasteiger charge is -2.36. The molecule has 94 heavy (non-hydrogen) atoms. The van der Waals surface area contributed by atoms with Crippen LogP contribution in [0.1, 0.15) is 271 Å². The van der Waals surface area contributed by atoms with E-state index in [1.165, 1.54) is 43.0 Å². The Balaban J connectivity index is -0.000000350. The van der Waals surface area contributed by atoms with Gasteiger partial charge in [-0.05, 0) is 139 Å². The van der Waals surface area contributed by atoms with Gasteiger partial charge in [-0.25, -0.2) is 9.97 Å². The van der Waals surface area contributed by atoms with Gasteiger partial charge in [0, 0.05) is 106 Å². The first kappa shape index (κ1) is 95.9. The van der Waals surface area contributed by atoms with Crippen LogP contribution in [0.25, 0.3) is 45.5 Å². The molecule has 11 nitrogen and oxygen atoms in total. The molecule has 0 aliphatic carbocycles. The van der Waals surface area contributed by atoms with Gasteiger partial charge in [0.05, 0.1) is 17.1 Å². The van der Waals surface area contributed by atoms with Gasteiger partial charge < -0.3 is 13.9 Å². The fourth-order valence-electron chi connectivity index (χ4n) is 9.24. The summed E-state index contributed by atoms with van der Waals surface area (Å²) in [6.45, 7) is 61.7. The first-order valence-electron chi connectivity index (χ1n) is 33.8. The van der Waals surface area contributed by atoms with Gasteiger partial charge in [-0.2, -0.15) is 49.7 Å². The van der Waals surface area contributed by atoms with Gasteiger partial charge in [-0.3, -0.25) is 4.68 Å². The predicted octanol–water partition coefficient (Wildman–Crippen LogP) is 23.1. The van der Waals surface area contributed by atoms with Crippen molar-refractivity contribution < 1.29 is 49.3 Å². The number of imidazole rings is 2. The van der Waals surface area contributed by atoms with Gasteiger partial charge in [-0.15, -0.1) is 0 Å². The van der Waals surface area contributed by atoms with Crippen LogP contribution in [-0.4, -0.2) is 47.3 Å². The highest BCUT2D eigenvalue weighted by molar-refractivity contribution is 5.79. The van der Waals surface area contributed by atoms with Gasteiger partial charge in [0.25, 0.3) is 0 Å². The molecule has 0 aliphatic heterocycles. The van der Waals surface area contributed by atoms with Gasteiger partial charge >= 0.3 is 18.0 Å². The number of nitrogens with zero attached hydrogens (tertiary/aromatic N) is 10. The molecule has 0 saturated carbocycles. The summed E-state index contributed by atoms with van der Waals surface area (Å²) < 4.78 is 99.8. The van der Waals surface area contributed by atoms with Crippen molar-refractivity contribution in [2.45, 2.75) is 295 Å². The number of halogens is 6. The minimum Gasteiger partial charge on any atom is -0.347 e. The standard InChI is InChI=1S/C18H22N3.C15H22N3.C14H18F6NO.C14H20N3.7C2H6.2CH4/c1-13(2)20-12-8-7-11-17(20)18-19-15-9-5-6-10-16(15)21(18)14(3)4;1-12(2)17-11-9-16-14(17)13-8-6-7-10-18(13)15(3,4)5;1-9(2)21-8-6-5-7-11(21)12(13(15,16)17,14(18,19)20)22-10(3)4;1-11(2)16-10-6-5-7-13(16)14-8-9-15-17(14)12(3)4;7*1-2;;/h5-14H,1-4H3;6-12H,1-5H3;5-10H,1-4H3;5-12H,1-4H3;7*1-2H3;2*1H4/q4*+1;;;;;;;;;. The molecular weight excluding hydrogens is 1190 g/mol. The van der Waals surface area contributed by atoms with Crippen molar-refractivity contribution in [1.29, 1.82) is 0 Å². The highest BCUT2D eigenvalue weighted by Gasteiger charge is 2.78. The third-order valence-electron chi connectivity index (χ3n) is 12.7. The lowest BCUT2D eigenvalue weighted by Crippen LogP contribution is -2.62. The fraction of sp³-hybridized carbons (Fsp3) is 0.571. The van der Waals surface area contributed by atoms with Crippen molar-refractivity contribution >= 4 is 11.0 Å². The SMILES string of the molecule is C.C.CC.CC.CC.CC.CC.CC.CC.CC(C)OC(c1cccc[n+]1C(C)C)(C(F)(F)F)C(F)(F)F.CC(C)n1c(-c2cccc[n+]2C(C)C)nc2ccccc21.CC(C)n1ccnc1-c1cccc[n+]1C(C)(C)C.CC(C)n1nccc1-c1cccc[n+]1C(C)C. The molecule has 0 radical (unpaired) electrons. The van der Waals surface area contributed by atoms with Crippen molar-refractivity contribution in [3.05, 3.63) is 152 Å². The Kier molecular flexibility index (Phi) is 49.0. The van der Waals surface area contributed by atoms with Crippen LogP contribution in [0.3, 0.4) is 0 Å². The van der Waals surface area contributed by atoms with Crippen LogP contribution in [0, 0.1) is 0 Å². The van der Waals surface area contributed by atoms with E-state index in [-0.39, 0.29) is 20.4 Å². The van der Waals surface area contributed by atoms with Crippen molar-refractivity contribution in [2.75, 3.05) is 0 Å². The van der Waals surface area contributed by atoms with E-state index in [0.29, 0.717) is 30.2 Å². The third kappa shape index (κ3) is 26.5. The molecule has 7 aromatic heterocycles. The zero-order valence-electron chi connectivity index (χ0n) is 62.5. The van der Waals surface area contributed by atoms with Crippen LogP contribution in [0.2, 0.25) is 0 Å². The smallest absolute Gasteiger partial charge is 0.347 e. The second-order valence-electron chi connectivity index (χ2n) is 22.1. The number of alkyl halides is 6. The maximum absolute atomic E-state index is 13.5. The number of ether oxygens (including phenoxy) is 1. The molecular formula is C77H132F6N10O+4. The Bertz CT molecular complexity index is 3150. The molecule has 17 heteroatoms. The Morgan fingerprint density at radius 1 is 0.436 bits per heavy atom. The molecule has 0 spiro atoms. The number of hydrogen-bond acceptors (Lipinski definition) is 4. The summed E-state index contributed by atoms with van der Waals surface area (Å²) in [7, 11) is 0. The Morgan fingerprint density at radius 3 is 1.28 bits per heavy atom. The molecule has 0 saturated heterocycles. The lowest BCUT2D eigenvalue weighted by atomic mass is 9.95. The average molecular weight is 1330 g/mol. The summed E-state index contributed by atoms with van der Waals surface area (Å²) in [5, 5.41) is 4.40. The summed E-state index contributed by atoms with van der Waals surface area (Å²) >= 11 is 0. The van der Waals surface area contributed by atoms with Gasteiger partial charge in [0.1, 0.15) is 5.69 Å². The van der Waals surface area contributed by atoms with Crippen LogP contribution in [0.5, 0.6) is 0 Å². The summed E-state index contributed by atoms with van der Waals surface area (Å²) in [4.78, 5) is 9.41. The molecule has 0 N–H and O–H groups in total. The molecule has 8 aromatic rings. The molecule has 534 valence electrons. The quantitative estimate of drug-likeness (QED) is 0.0902. The topological polar surface area (TPSA) is 78.2 Å². The zero-order chi connectivity index (χ0) is 72.1. The Labute approximate surface area is 568 Å². The number of hydrogen-bond donors (Lipinski definition) is 0. The maximum atomic E-state index is 13.5. The number of aromatic nitrogens is 10. The average Bonchev–Trinajstić information content (AvgIpc) is 0.747. The maximum Gasteiger partial charge on any atom is 0.437 e. The molecule has 0 aliphatic rings. The minimum absolute atomic E-state index is 0. The normalized spacial score (nSPS) is 10.7. The molecule has 0 amide bonds. The molecule has 0 atom stereocenters. The second-order valence-corrected chi connectivity index (χ2v) is 22.1. The van der Waals surface area contributed by atoms with Crippen molar-refractivity contribution in [3.63, 3.8) is 0 Å². The molecule has 0 fully saturated rings. The van der Waals surface area contributed by atoms with E-state index in [1.54, 1.807) is 0 Å². The number of benzene rings is 1. The summed E-state index contributed by atoms with van der Waals surface area (Å²) in [6.07, 6.45) is 0.736. The van der Waals surface area contributed by atoms with Gasteiger partial charge in [0.2, 0.25) is 34.4 Å². The Hall–Kier alpha value is -6.75. The zero-order valence-corrected chi connectivity index (χ0v) is 62.5. The van der Waals surface area contributed by atoms with Crippen molar-refractivity contribution in [2.24, 2.45) is 0 Å². The van der Waals surface area contributed by atoms with E-state index in [1.807, 2.05) is 122 Å². The first-order valence-corrected chi connectivity index (χ1v) is 33.8. The summed E-state index contributed by atoms with van der Waals surface area (Å²) in [5.74, 6) is 2.07. The second kappa shape index (κ2) is 48.0. The van der Waals surface area contributed by atoms with E-state index >= 15 is 0 Å². The summed E-state index contributed by atoms with van der Waals surface area (Å²) in [5.41, 5.74) is 1.65. The number of fused-ring (bicyclic) bond motifs is 1. The first-order chi connectivity index (χ1) is 43.5.